The first-order chi connectivity index (χ1) is 25.4. The number of aliphatic hydroxyl groups is 2. The number of aliphatic hydroxyl groups excluding tert-OH is 2. The normalized spacial score (nSPS) is 13.8. The van der Waals surface area contributed by atoms with Gasteiger partial charge in [-0.25, -0.2) is 0 Å². The molecule has 2 aliphatic rings. The number of hydrogen-bond donors (Lipinski definition) is 2. The van der Waals surface area contributed by atoms with Gasteiger partial charge in [-0.2, -0.15) is 42.3 Å². The standard InChI is InChI=1S/C40H46N2O2.3C2H6N.Ta/c1-23-19-25(3)35(26(4)20-23)39(43)41-33-17-15-29-11-7-9-13-31(29)37(33)38-32-14-10-8-12-30(32)16-18-34(38)42-40(44)36-27(5)21-24(2)22-28(36)6;3*1-3-2;/h15-22,39-40,43-44H,7-14H2,1-6H3;3*1-2H3;/q-2;3*-1;+5. The van der Waals surface area contributed by atoms with Crippen LogP contribution in [0.2, 0.25) is 0 Å². The van der Waals surface area contributed by atoms with Gasteiger partial charge in [-0.3, -0.25) is 0 Å². The number of nitrogens with zero attached hydrogens (tertiary/aromatic N) is 5. The second kappa shape index (κ2) is 23.2. The third-order valence-electron chi connectivity index (χ3n) is 9.79. The minimum absolute atomic E-state index is 0. The molecule has 4 aromatic carbocycles. The van der Waals surface area contributed by atoms with E-state index in [1.54, 1.807) is 42.3 Å². The molecule has 0 spiro atoms. The van der Waals surface area contributed by atoms with Gasteiger partial charge in [-0.05, 0) is 160 Å². The van der Waals surface area contributed by atoms with Crippen LogP contribution >= 0.6 is 0 Å². The van der Waals surface area contributed by atoms with E-state index >= 15 is 0 Å². The van der Waals surface area contributed by atoms with Crippen molar-refractivity contribution >= 4 is 11.4 Å². The van der Waals surface area contributed by atoms with Gasteiger partial charge >= 0.3 is 22.4 Å². The average molecular weight is 900 g/mol. The molecule has 0 amide bonds. The number of hydrogen-bond acceptors (Lipinski definition) is 2. The first kappa shape index (κ1) is 47.2. The SMILES string of the molecule is C[N-]C.C[N-]C.C[N-]C.Cc1cc(C)c(C(O)[N-]c2ccc3c(c2-c2c([N-]C(O)c4c(C)cc(C)cc4C)ccc4c2CCCC4)CCCC3)c(C)c1.[Ta+5]. The van der Waals surface area contributed by atoms with Crippen molar-refractivity contribution in [2.75, 3.05) is 42.3 Å². The maximum Gasteiger partial charge on any atom is 5.00 e. The van der Waals surface area contributed by atoms with Gasteiger partial charge in [0.25, 0.3) is 0 Å². The largest absolute Gasteiger partial charge is 5.00 e. The fraction of sp³-hybridized carbons (Fsp3) is 0.478. The molecule has 0 saturated heterocycles. The molecule has 2 unspecified atom stereocenters. The molecule has 2 aliphatic carbocycles. The van der Waals surface area contributed by atoms with E-state index in [9.17, 15) is 10.2 Å². The maximum absolute atomic E-state index is 11.7. The van der Waals surface area contributed by atoms with Crippen LogP contribution < -0.4 is 0 Å². The summed E-state index contributed by atoms with van der Waals surface area (Å²) in [5.41, 5.74) is 17.6. The molecular formula is C46H64N5O2Ta. The summed E-state index contributed by atoms with van der Waals surface area (Å²) >= 11 is 0. The quantitative estimate of drug-likeness (QED) is 0.193. The van der Waals surface area contributed by atoms with Crippen LogP contribution in [-0.4, -0.2) is 52.5 Å². The molecule has 2 N–H and O–H groups in total. The zero-order valence-corrected chi connectivity index (χ0v) is 38.2. The molecule has 0 radical (unpaired) electrons. The number of aryl methyl sites for hydroxylation is 8. The summed E-state index contributed by atoms with van der Waals surface area (Å²) in [7, 11) is 10.5. The number of rotatable bonds is 7. The summed E-state index contributed by atoms with van der Waals surface area (Å²) in [6.07, 6.45) is 6.74. The van der Waals surface area contributed by atoms with Gasteiger partial charge < -0.3 is 36.8 Å². The van der Waals surface area contributed by atoms with Crippen molar-refractivity contribution in [1.82, 2.24) is 0 Å². The van der Waals surface area contributed by atoms with Crippen molar-refractivity contribution in [2.24, 2.45) is 0 Å². The van der Waals surface area contributed by atoms with Gasteiger partial charge in [0.05, 0.1) is 0 Å². The van der Waals surface area contributed by atoms with Crippen molar-refractivity contribution < 1.29 is 32.6 Å². The molecule has 0 heterocycles. The summed E-state index contributed by atoms with van der Waals surface area (Å²) < 4.78 is 0. The van der Waals surface area contributed by atoms with Crippen molar-refractivity contribution in [3.8, 4) is 11.1 Å². The Balaban J connectivity index is 0.000000920. The first-order valence-corrected chi connectivity index (χ1v) is 19.0. The molecule has 0 bridgehead atoms. The van der Waals surface area contributed by atoms with Crippen LogP contribution in [0.5, 0.6) is 0 Å². The van der Waals surface area contributed by atoms with Gasteiger partial charge in [0.15, 0.2) is 0 Å². The zero-order valence-electron chi connectivity index (χ0n) is 35.0. The summed E-state index contributed by atoms with van der Waals surface area (Å²) in [6, 6.07) is 17.1. The van der Waals surface area contributed by atoms with Gasteiger partial charge in [-0.15, -0.1) is 11.4 Å². The van der Waals surface area contributed by atoms with E-state index in [2.05, 4.69) is 106 Å². The third kappa shape index (κ3) is 12.0. The van der Waals surface area contributed by atoms with Crippen molar-refractivity contribution in [3.05, 3.63) is 142 Å². The Bertz CT molecular complexity index is 1610. The molecule has 0 aliphatic heterocycles. The Labute approximate surface area is 343 Å². The van der Waals surface area contributed by atoms with Crippen molar-refractivity contribution in [3.63, 3.8) is 0 Å². The summed E-state index contributed by atoms with van der Waals surface area (Å²) in [6.45, 7) is 12.4. The second-order valence-electron chi connectivity index (χ2n) is 14.6. The van der Waals surface area contributed by atoms with Gasteiger partial charge in [0.2, 0.25) is 0 Å². The molecule has 4 aromatic rings. The van der Waals surface area contributed by atoms with Crippen molar-refractivity contribution in [1.29, 1.82) is 0 Å². The van der Waals surface area contributed by atoms with E-state index in [0.29, 0.717) is 0 Å². The molecular weight excluding hydrogens is 835 g/mol. The van der Waals surface area contributed by atoms with Gasteiger partial charge in [0.1, 0.15) is 0 Å². The van der Waals surface area contributed by atoms with Crippen LogP contribution in [0.1, 0.15) is 105 Å². The Morgan fingerprint density at radius 2 is 0.741 bits per heavy atom. The summed E-state index contributed by atoms with van der Waals surface area (Å²) in [5, 5.41) is 44.0. The molecule has 0 fully saturated rings. The average Bonchev–Trinajstić information content (AvgIpc) is 3.08. The molecule has 0 aromatic heterocycles. The van der Waals surface area contributed by atoms with E-state index in [4.69, 9.17) is 10.6 Å². The predicted octanol–water partition coefficient (Wildman–Crippen LogP) is 12.2. The molecule has 6 rings (SSSR count). The Hall–Kier alpha value is -2.98. The van der Waals surface area contributed by atoms with E-state index < -0.39 is 12.5 Å². The van der Waals surface area contributed by atoms with E-state index in [1.807, 2.05) is 0 Å². The van der Waals surface area contributed by atoms with Gasteiger partial charge in [-0.1, -0.05) is 59.7 Å². The van der Waals surface area contributed by atoms with Crippen molar-refractivity contribution in [2.45, 2.75) is 105 Å². The topological polar surface area (TPSA) is 111 Å². The number of benzene rings is 4. The molecule has 290 valence electrons. The minimum atomic E-state index is -0.973. The van der Waals surface area contributed by atoms with E-state index in [1.165, 1.54) is 46.2 Å². The Morgan fingerprint density at radius 1 is 0.463 bits per heavy atom. The zero-order chi connectivity index (χ0) is 39.2. The minimum Gasteiger partial charge on any atom is -0.668 e. The van der Waals surface area contributed by atoms with Crippen LogP contribution in [0.4, 0.5) is 11.4 Å². The summed E-state index contributed by atoms with van der Waals surface area (Å²) in [5.74, 6) is 0. The maximum atomic E-state index is 11.7. The van der Waals surface area contributed by atoms with Crippen LogP contribution in [-0.2, 0) is 48.1 Å². The monoisotopic (exact) mass is 899 g/mol. The predicted molar refractivity (Wildman–Crippen MR) is 228 cm³/mol. The smallest absolute Gasteiger partial charge is 0.668 e. The Kier molecular flexibility index (Phi) is 20.2. The van der Waals surface area contributed by atoms with E-state index in [-0.39, 0.29) is 22.4 Å². The molecule has 54 heavy (non-hydrogen) atoms. The summed E-state index contributed by atoms with van der Waals surface area (Å²) in [4.78, 5) is 0. The fourth-order valence-electron chi connectivity index (χ4n) is 7.99. The molecule has 2 atom stereocenters. The fourth-order valence-corrected chi connectivity index (χ4v) is 7.99. The van der Waals surface area contributed by atoms with Crippen LogP contribution in [0.15, 0.2) is 48.5 Å². The van der Waals surface area contributed by atoms with E-state index in [0.717, 1.165) is 94.4 Å². The molecule has 7 nitrogen and oxygen atoms in total. The molecule has 8 heteroatoms. The number of fused-ring (bicyclic) bond motifs is 2. The molecule has 0 saturated carbocycles. The Morgan fingerprint density at radius 3 is 1.04 bits per heavy atom. The van der Waals surface area contributed by atoms with Crippen LogP contribution in [0, 0.1) is 41.5 Å². The first-order valence-electron chi connectivity index (χ1n) is 19.0. The van der Waals surface area contributed by atoms with Crippen LogP contribution in [0.25, 0.3) is 37.7 Å². The second-order valence-corrected chi connectivity index (χ2v) is 14.6. The van der Waals surface area contributed by atoms with Gasteiger partial charge in [0, 0.05) is 12.5 Å². The third-order valence-corrected chi connectivity index (χ3v) is 9.79. The van der Waals surface area contributed by atoms with Crippen LogP contribution in [0.3, 0.4) is 0 Å².